The molecular formula is C20H20ClN3O. The second kappa shape index (κ2) is 7.53. The van der Waals surface area contributed by atoms with Crippen LogP contribution in [0.2, 0.25) is 5.02 Å². The third kappa shape index (κ3) is 4.28. The Kier molecular flexibility index (Phi) is 5.19. The van der Waals surface area contributed by atoms with E-state index in [0.717, 1.165) is 29.3 Å². The molecule has 1 aliphatic carbocycles. The number of rotatable bonds is 6. The molecule has 4 nitrogen and oxygen atoms in total. The van der Waals surface area contributed by atoms with Gasteiger partial charge in [0.2, 0.25) is 0 Å². The van der Waals surface area contributed by atoms with Gasteiger partial charge in [0, 0.05) is 17.6 Å². The lowest BCUT2D eigenvalue weighted by Gasteiger charge is -2.04. The average molecular weight is 354 g/mol. The van der Waals surface area contributed by atoms with Crippen molar-refractivity contribution in [3.05, 3.63) is 63.9 Å². The Balaban J connectivity index is 1.95. The van der Waals surface area contributed by atoms with E-state index in [1.54, 1.807) is 10.8 Å². The van der Waals surface area contributed by atoms with Crippen LogP contribution in [0.5, 0.6) is 0 Å². The van der Waals surface area contributed by atoms with Gasteiger partial charge in [0.15, 0.2) is 5.78 Å². The zero-order valence-corrected chi connectivity index (χ0v) is 14.6. The predicted octanol–water partition coefficient (Wildman–Crippen LogP) is 2.13. The highest BCUT2D eigenvalue weighted by atomic mass is 35.5. The molecule has 2 N–H and O–H groups in total. The minimum atomic E-state index is -0.0637. The molecule has 1 fully saturated rings. The molecule has 2 aromatic rings. The summed E-state index contributed by atoms with van der Waals surface area (Å²) in [6.45, 7) is 4.19. The Hall–Kier alpha value is -2.59. The molecular weight excluding hydrogens is 334 g/mol. The zero-order valence-electron chi connectivity index (χ0n) is 13.9. The van der Waals surface area contributed by atoms with Crippen molar-refractivity contribution in [3.63, 3.8) is 0 Å². The molecule has 128 valence electrons. The van der Waals surface area contributed by atoms with Crippen LogP contribution in [-0.2, 0) is 11.3 Å². The molecule has 0 saturated heterocycles. The highest BCUT2D eigenvalue weighted by molar-refractivity contribution is 6.30. The second-order valence-corrected chi connectivity index (χ2v) is 6.48. The summed E-state index contributed by atoms with van der Waals surface area (Å²) in [5.74, 6) is -0.0637. The summed E-state index contributed by atoms with van der Waals surface area (Å²) in [6.07, 6.45) is 8.73. The zero-order chi connectivity index (χ0) is 17.8. The smallest absolute Gasteiger partial charge is 0.193 e. The van der Waals surface area contributed by atoms with Gasteiger partial charge in [-0.25, -0.2) is 0 Å². The number of carbonyl (C=O) groups excluding carboxylic acids is 1. The van der Waals surface area contributed by atoms with Crippen molar-refractivity contribution in [1.82, 2.24) is 4.57 Å². The maximum absolute atomic E-state index is 12.2. The van der Waals surface area contributed by atoms with E-state index in [-0.39, 0.29) is 12.3 Å². The topological polar surface area (TPSA) is 60.4 Å². The predicted molar refractivity (Wildman–Crippen MR) is 104 cm³/mol. The maximum Gasteiger partial charge on any atom is 0.193 e. The fourth-order valence-electron chi connectivity index (χ4n) is 2.51. The molecule has 1 saturated carbocycles. The van der Waals surface area contributed by atoms with Crippen molar-refractivity contribution < 1.29 is 4.79 Å². The molecule has 1 aromatic carbocycles. The summed E-state index contributed by atoms with van der Waals surface area (Å²) in [5.41, 5.74) is 7.62. The summed E-state index contributed by atoms with van der Waals surface area (Å²) in [4.78, 5) is 16.4. The lowest BCUT2D eigenvalue weighted by atomic mass is 10.1. The fraction of sp³-hybridized carbons (Fsp3) is 0.200. The Morgan fingerprint density at radius 1 is 1.36 bits per heavy atom. The van der Waals surface area contributed by atoms with Crippen LogP contribution >= 0.6 is 11.6 Å². The lowest BCUT2D eigenvalue weighted by Crippen LogP contribution is -2.31. The first-order valence-corrected chi connectivity index (χ1v) is 8.55. The van der Waals surface area contributed by atoms with Crippen LogP contribution in [0.15, 0.2) is 47.7 Å². The standard InChI is InChI=1S/C20H20ClN3O/c1-14-19(21)13-24(12-18(25)11-23-17-7-8-17)20(14)9-16(10-22)15-5-3-2-4-6-15/h2-6,9-11,13,17H,1,7-8,12,22H2/b16-10+,20-9+,23-11?. The highest BCUT2D eigenvalue weighted by Gasteiger charge is 2.19. The third-order valence-electron chi connectivity index (χ3n) is 4.06. The first kappa shape index (κ1) is 17.2. The number of benzene rings is 1. The Bertz CT molecular complexity index is 937. The second-order valence-electron chi connectivity index (χ2n) is 6.08. The van der Waals surface area contributed by atoms with Gasteiger partial charge in [-0.2, -0.15) is 0 Å². The van der Waals surface area contributed by atoms with E-state index in [4.69, 9.17) is 17.3 Å². The van der Waals surface area contributed by atoms with Gasteiger partial charge < -0.3 is 10.3 Å². The van der Waals surface area contributed by atoms with Gasteiger partial charge in [0.1, 0.15) is 0 Å². The van der Waals surface area contributed by atoms with E-state index in [9.17, 15) is 4.79 Å². The van der Waals surface area contributed by atoms with Crippen molar-refractivity contribution in [3.8, 4) is 0 Å². The fourth-order valence-corrected chi connectivity index (χ4v) is 2.72. The van der Waals surface area contributed by atoms with E-state index in [1.165, 1.54) is 12.4 Å². The molecule has 1 heterocycles. The Labute approximate surface area is 151 Å². The van der Waals surface area contributed by atoms with Gasteiger partial charge in [0.05, 0.1) is 29.2 Å². The number of allylic oxidation sites excluding steroid dienone is 1. The molecule has 0 radical (unpaired) electrons. The number of hydrogen-bond donors (Lipinski definition) is 1. The van der Waals surface area contributed by atoms with E-state index < -0.39 is 0 Å². The number of ketones is 1. The van der Waals surface area contributed by atoms with Crippen molar-refractivity contribution in [2.45, 2.75) is 25.4 Å². The molecule has 0 unspecified atom stereocenters. The van der Waals surface area contributed by atoms with E-state index in [1.807, 2.05) is 36.4 Å². The number of nitrogens with two attached hydrogens (primary N) is 1. The summed E-state index contributed by atoms with van der Waals surface area (Å²) in [5, 5.41) is 1.95. The molecule has 25 heavy (non-hydrogen) atoms. The first-order valence-electron chi connectivity index (χ1n) is 8.17. The summed E-state index contributed by atoms with van der Waals surface area (Å²) >= 11 is 6.23. The molecule has 0 spiro atoms. The van der Waals surface area contributed by atoms with E-state index in [2.05, 4.69) is 11.6 Å². The largest absolute Gasteiger partial charge is 0.404 e. The minimum Gasteiger partial charge on any atom is -0.404 e. The number of aliphatic imine (C=N–C) groups is 1. The third-order valence-corrected chi connectivity index (χ3v) is 4.38. The normalized spacial score (nSPS) is 15.9. The lowest BCUT2D eigenvalue weighted by molar-refractivity contribution is -0.113. The quantitative estimate of drug-likeness (QED) is 0.809. The SMILES string of the molecule is C=c1c(Cl)cn(CC(=O)C=NC2CC2)/c1=C/C(=C\N)c1ccccc1. The summed E-state index contributed by atoms with van der Waals surface area (Å²) in [7, 11) is 0. The molecule has 0 aliphatic heterocycles. The van der Waals surface area contributed by atoms with Crippen molar-refractivity contribution in [2.24, 2.45) is 10.7 Å². The molecule has 5 heteroatoms. The highest BCUT2D eigenvalue weighted by Crippen LogP contribution is 2.22. The van der Waals surface area contributed by atoms with Crippen LogP contribution in [0.1, 0.15) is 18.4 Å². The maximum atomic E-state index is 12.2. The van der Waals surface area contributed by atoms with Crippen LogP contribution in [-0.4, -0.2) is 22.6 Å². The van der Waals surface area contributed by atoms with Crippen molar-refractivity contribution in [2.75, 3.05) is 0 Å². The van der Waals surface area contributed by atoms with Crippen molar-refractivity contribution >= 4 is 41.8 Å². The van der Waals surface area contributed by atoms with E-state index >= 15 is 0 Å². The van der Waals surface area contributed by atoms with Crippen molar-refractivity contribution in [1.29, 1.82) is 0 Å². The Morgan fingerprint density at radius 3 is 2.72 bits per heavy atom. The first-order chi connectivity index (χ1) is 12.1. The summed E-state index contributed by atoms with van der Waals surface area (Å²) in [6, 6.07) is 10.1. The number of carbonyl (C=O) groups is 1. The van der Waals surface area contributed by atoms with Gasteiger partial charge in [0.25, 0.3) is 0 Å². The molecule has 1 aliphatic rings. The number of nitrogens with zero attached hydrogens (tertiary/aromatic N) is 2. The number of hydrogen-bond acceptors (Lipinski definition) is 3. The molecule has 3 rings (SSSR count). The van der Waals surface area contributed by atoms with E-state index in [0.29, 0.717) is 16.3 Å². The van der Waals surface area contributed by atoms with Gasteiger partial charge in [-0.3, -0.25) is 9.79 Å². The van der Waals surface area contributed by atoms with Crippen LogP contribution < -0.4 is 16.3 Å². The van der Waals surface area contributed by atoms with Gasteiger partial charge in [-0.15, -0.1) is 0 Å². The van der Waals surface area contributed by atoms with Gasteiger partial charge >= 0.3 is 0 Å². The van der Waals surface area contributed by atoms with Crippen LogP contribution in [0, 0.1) is 0 Å². The van der Waals surface area contributed by atoms with Crippen LogP contribution in [0.4, 0.5) is 0 Å². The average Bonchev–Trinajstić information content (AvgIpc) is 3.41. The molecule has 1 aromatic heterocycles. The monoisotopic (exact) mass is 353 g/mol. The molecule has 0 atom stereocenters. The number of aromatic nitrogens is 1. The van der Waals surface area contributed by atoms with Gasteiger partial charge in [-0.1, -0.05) is 48.5 Å². The number of halogens is 1. The molecule has 0 amide bonds. The van der Waals surface area contributed by atoms with Gasteiger partial charge in [-0.05, 0) is 30.1 Å². The summed E-state index contributed by atoms with van der Waals surface area (Å²) < 4.78 is 1.79. The minimum absolute atomic E-state index is 0.0637. The number of Topliss-reactive ketones (excluding diaryl/α,β-unsaturated/α-hetero) is 1. The molecule has 0 bridgehead atoms. The van der Waals surface area contributed by atoms with Crippen LogP contribution in [0.3, 0.4) is 0 Å². The Morgan fingerprint density at radius 2 is 2.08 bits per heavy atom. The van der Waals surface area contributed by atoms with Crippen LogP contribution in [0.25, 0.3) is 18.2 Å².